The molecule has 0 spiro atoms. The van der Waals surface area contributed by atoms with E-state index in [9.17, 15) is 13.7 Å². The number of nitrogens with zero attached hydrogens (tertiary/aromatic N) is 2. The van der Waals surface area contributed by atoms with Gasteiger partial charge in [-0.15, -0.1) is 0 Å². The summed E-state index contributed by atoms with van der Waals surface area (Å²) in [5, 5.41) is 18.5. The van der Waals surface area contributed by atoms with Crippen LogP contribution in [0.2, 0.25) is 10.0 Å². The summed E-state index contributed by atoms with van der Waals surface area (Å²) in [6, 6.07) is 3.43. The predicted octanol–water partition coefficient (Wildman–Crippen LogP) is 4.16. The number of hydrogen-bond acceptors (Lipinski definition) is 5. The first-order valence-electron chi connectivity index (χ1n) is 10.8. The Balaban J connectivity index is 1.65. The van der Waals surface area contributed by atoms with Crippen molar-refractivity contribution in [2.24, 2.45) is 27.9 Å². The third-order valence-electron chi connectivity index (χ3n) is 7.29. The molecule has 7 nitrogen and oxygen atoms in total. The van der Waals surface area contributed by atoms with E-state index < -0.39 is 20.4 Å². The number of amidine groups is 1. The van der Waals surface area contributed by atoms with Gasteiger partial charge in [0.1, 0.15) is 0 Å². The van der Waals surface area contributed by atoms with Crippen molar-refractivity contribution in [2.45, 2.75) is 69.3 Å². The molecule has 0 aromatic heterocycles. The number of hydrogen-bond donors (Lipinski definition) is 2. The summed E-state index contributed by atoms with van der Waals surface area (Å²) >= 11 is 12.7. The van der Waals surface area contributed by atoms with Gasteiger partial charge in [0.25, 0.3) is 0 Å². The molecule has 0 radical (unpaired) electrons. The average molecular weight is 499 g/mol. The Morgan fingerprint density at radius 2 is 1.81 bits per heavy atom. The van der Waals surface area contributed by atoms with Crippen LogP contribution in [-0.2, 0) is 10.0 Å². The summed E-state index contributed by atoms with van der Waals surface area (Å²) in [5.41, 5.74) is -0.114. The molecule has 0 amide bonds. The fourth-order valence-corrected chi connectivity index (χ4v) is 8.14. The second-order valence-electron chi connectivity index (χ2n) is 10.1. The van der Waals surface area contributed by atoms with Gasteiger partial charge in [-0.2, -0.15) is 5.26 Å². The molecule has 0 heterocycles. The van der Waals surface area contributed by atoms with Crippen LogP contribution < -0.4 is 15.2 Å². The van der Waals surface area contributed by atoms with E-state index in [0.29, 0.717) is 46.8 Å². The van der Waals surface area contributed by atoms with E-state index in [1.54, 1.807) is 26.0 Å². The molecule has 174 valence electrons. The molecule has 4 saturated carbocycles. The Kier molecular flexibility index (Phi) is 5.94. The summed E-state index contributed by atoms with van der Waals surface area (Å²) in [6.45, 7) is 5.48. The van der Waals surface area contributed by atoms with Crippen LogP contribution in [0.15, 0.2) is 17.1 Å². The van der Waals surface area contributed by atoms with Gasteiger partial charge in [-0.3, -0.25) is 10.3 Å². The number of sulfonamides is 1. The summed E-state index contributed by atoms with van der Waals surface area (Å²) in [4.78, 5) is 4.96. The molecule has 10 heteroatoms. The molecule has 4 bridgehead atoms. The number of benzene rings is 1. The molecule has 1 aromatic rings. The summed E-state index contributed by atoms with van der Waals surface area (Å²) in [5.74, 6) is 1.28. The molecule has 1 aromatic carbocycles. The van der Waals surface area contributed by atoms with Crippen molar-refractivity contribution < 1.29 is 13.2 Å². The predicted molar refractivity (Wildman–Crippen MR) is 125 cm³/mol. The minimum absolute atomic E-state index is 0.0934. The normalized spacial score (nSPS) is 32.0. The smallest absolute Gasteiger partial charge is 0.214 e. The van der Waals surface area contributed by atoms with E-state index in [2.05, 4.69) is 5.32 Å². The minimum atomic E-state index is -3.64. The summed E-state index contributed by atoms with van der Waals surface area (Å²) in [6.07, 6.45) is 5.50. The first-order chi connectivity index (χ1) is 14.8. The second-order valence-corrected chi connectivity index (χ2v) is 12.8. The Morgan fingerprint density at radius 1 is 1.25 bits per heavy atom. The van der Waals surface area contributed by atoms with Crippen molar-refractivity contribution in [2.75, 3.05) is 0 Å². The van der Waals surface area contributed by atoms with Gasteiger partial charge in [0.05, 0.1) is 20.8 Å². The number of aliphatic imine (C=N–C) groups is 1. The number of rotatable bonds is 5. The highest BCUT2D eigenvalue weighted by molar-refractivity contribution is 7.90. The van der Waals surface area contributed by atoms with Gasteiger partial charge in [0, 0.05) is 0 Å². The molecular formula is C22H28Cl2N4O3S. The van der Waals surface area contributed by atoms with Gasteiger partial charge in [-0.05, 0) is 88.3 Å². The number of halogens is 2. The number of aryl methyl sites for hydroxylation is 1. The lowest BCUT2D eigenvalue weighted by Gasteiger charge is -2.57. The molecule has 4 aliphatic carbocycles. The molecule has 4 fully saturated rings. The van der Waals surface area contributed by atoms with Gasteiger partial charge in [-0.1, -0.05) is 23.2 Å². The second kappa shape index (κ2) is 8.05. The average Bonchev–Trinajstić information content (AvgIpc) is 2.65. The molecule has 0 saturated heterocycles. The topological polar surface area (TPSA) is 118 Å². The van der Waals surface area contributed by atoms with Crippen LogP contribution in [-0.4, -0.2) is 30.6 Å². The zero-order chi connectivity index (χ0) is 23.5. The summed E-state index contributed by atoms with van der Waals surface area (Å²) < 4.78 is 30.2. The van der Waals surface area contributed by atoms with Crippen LogP contribution in [0.3, 0.4) is 0 Å². The largest absolute Gasteiger partial charge is 0.477 e. The molecule has 3 N–H and O–H groups in total. The van der Waals surface area contributed by atoms with Crippen LogP contribution >= 0.6 is 23.2 Å². The quantitative estimate of drug-likeness (QED) is 0.273. The van der Waals surface area contributed by atoms with Gasteiger partial charge in [0.15, 0.2) is 23.4 Å². The number of nitrogens with two attached hydrogens (primary N) is 1. The first-order valence-corrected chi connectivity index (χ1v) is 13.1. The summed E-state index contributed by atoms with van der Waals surface area (Å²) in [7, 11) is -3.64. The molecule has 2 atom stereocenters. The lowest BCUT2D eigenvalue weighted by atomic mass is 9.54. The first kappa shape index (κ1) is 23.6. The fraction of sp³-hybridized carbons (Fsp3) is 0.636. The van der Waals surface area contributed by atoms with Crippen LogP contribution in [0, 0.1) is 36.1 Å². The SMILES string of the molecule is Cc1cc(Cl)c(OC(C)(C)C(=NC2C3CC4CC2CC(S(N)(=O)=O)(C4)C3)NC#N)c(Cl)c1. The fourth-order valence-electron chi connectivity index (χ4n) is 6.11. The number of ether oxygens (including phenoxy) is 1. The zero-order valence-electron chi connectivity index (χ0n) is 18.4. The highest BCUT2D eigenvalue weighted by Crippen LogP contribution is 2.59. The third kappa shape index (κ3) is 4.09. The molecule has 32 heavy (non-hydrogen) atoms. The highest BCUT2D eigenvalue weighted by Gasteiger charge is 2.60. The van der Waals surface area contributed by atoms with Crippen LogP contribution in [0.4, 0.5) is 0 Å². The van der Waals surface area contributed by atoms with Crippen molar-refractivity contribution in [3.05, 3.63) is 27.7 Å². The monoisotopic (exact) mass is 498 g/mol. The van der Waals surface area contributed by atoms with E-state index in [-0.39, 0.29) is 17.9 Å². The van der Waals surface area contributed by atoms with Crippen molar-refractivity contribution >= 4 is 39.1 Å². The molecule has 2 unspecified atom stereocenters. The number of nitriles is 1. The van der Waals surface area contributed by atoms with E-state index in [0.717, 1.165) is 18.4 Å². The minimum Gasteiger partial charge on any atom is -0.477 e. The van der Waals surface area contributed by atoms with Crippen molar-refractivity contribution in [3.63, 3.8) is 0 Å². The Morgan fingerprint density at radius 3 is 2.31 bits per heavy atom. The van der Waals surface area contributed by atoms with Crippen LogP contribution in [0.25, 0.3) is 0 Å². The highest BCUT2D eigenvalue weighted by atomic mass is 35.5. The lowest BCUT2D eigenvalue weighted by molar-refractivity contribution is 0.0138. The maximum atomic E-state index is 12.4. The van der Waals surface area contributed by atoms with Gasteiger partial charge >= 0.3 is 0 Å². The van der Waals surface area contributed by atoms with Crippen molar-refractivity contribution in [3.8, 4) is 11.9 Å². The molecular weight excluding hydrogens is 471 g/mol. The van der Waals surface area contributed by atoms with E-state index in [4.69, 9.17) is 38.1 Å². The van der Waals surface area contributed by atoms with Gasteiger partial charge in [0.2, 0.25) is 10.0 Å². The molecule has 5 rings (SSSR count). The lowest BCUT2D eigenvalue weighted by Crippen LogP contribution is -2.61. The number of nitrogens with one attached hydrogen (secondary N) is 1. The Bertz CT molecular complexity index is 1070. The van der Waals surface area contributed by atoms with Crippen LogP contribution in [0.1, 0.15) is 51.5 Å². The standard InChI is InChI=1S/C22H28Cl2N4O3S/c1-12-4-16(23)19(17(24)5-12)31-21(2,3)20(27-11-25)28-18-14-6-13-7-15(18)10-22(8-13,9-14)32(26,29)30/h4-5,13-15,18H,6-10H2,1-3H3,(H,27,28)(H2,26,29,30). The van der Waals surface area contributed by atoms with Crippen LogP contribution in [0.5, 0.6) is 5.75 Å². The third-order valence-corrected chi connectivity index (χ3v) is 9.56. The van der Waals surface area contributed by atoms with Gasteiger partial charge in [-0.25, -0.2) is 13.6 Å². The number of primary sulfonamides is 1. The van der Waals surface area contributed by atoms with E-state index in [1.807, 2.05) is 13.1 Å². The maximum absolute atomic E-state index is 12.4. The molecule has 0 aliphatic heterocycles. The van der Waals surface area contributed by atoms with Crippen molar-refractivity contribution in [1.29, 1.82) is 5.26 Å². The zero-order valence-corrected chi connectivity index (χ0v) is 20.7. The maximum Gasteiger partial charge on any atom is 0.214 e. The van der Waals surface area contributed by atoms with Gasteiger partial charge < -0.3 is 4.74 Å². The Hall–Kier alpha value is -1.53. The molecule has 4 aliphatic rings. The Labute approximate surface area is 199 Å². The van der Waals surface area contributed by atoms with E-state index in [1.165, 1.54) is 0 Å². The van der Waals surface area contributed by atoms with E-state index >= 15 is 0 Å². The van der Waals surface area contributed by atoms with Crippen molar-refractivity contribution in [1.82, 2.24) is 5.32 Å².